The van der Waals surface area contributed by atoms with Crippen molar-refractivity contribution in [2.75, 3.05) is 38.1 Å². The third-order valence-electron chi connectivity index (χ3n) is 4.45. The predicted octanol–water partition coefficient (Wildman–Crippen LogP) is 2.17. The Bertz CT molecular complexity index is 583. The molecule has 0 saturated carbocycles. The topological polar surface area (TPSA) is 87.5 Å². The van der Waals surface area contributed by atoms with Gasteiger partial charge >= 0.3 is 0 Å². The number of piperidine rings is 1. The molecular weight excluding hydrogens is 308 g/mol. The van der Waals surface area contributed by atoms with Gasteiger partial charge in [0.1, 0.15) is 5.69 Å². The highest BCUT2D eigenvalue weighted by atomic mass is 16.6. The third kappa shape index (κ3) is 4.67. The Labute approximate surface area is 142 Å². The van der Waals surface area contributed by atoms with Crippen molar-refractivity contribution in [2.24, 2.45) is 5.92 Å². The fraction of sp³-hybridized carbons (Fsp3) is 0.588. The Morgan fingerprint density at radius 3 is 2.67 bits per heavy atom. The minimum absolute atomic E-state index is 0.00688. The number of benzene rings is 1. The Morgan fingerprint density at radius 2 is 2.04 bits per heavy atom. The molecule has 2 N–H and O–H groups in total. The molecule has 24 heavy (non-hydrogen) atoms. The minimum Gasteiger partial charge on any atom is -0.366 e. The first kappa shape index (κ1) is 18.2. The van der Waals surface area contributed by atoms with Gasteiger partial charge in [-0.15, -0.1) is 0 Å². The lowest BCUT2D eigenvalue weighted by molar-refractivity contribution is -0.384. The van der Waals surface area contributed by atoms with Crippen LogP contribution in [-0.4, -0.2) is 44.1 Å². The van der Waals surface area contributed by atoms with E-state index in [1.54, 1.807) is 12.1 Å². The molecule has 0 spiro atoms. The van der Waals surface area contributed by atoms with Gasteiger partial charge in [0.15, 0.2) is 0 Å². The molecule has 0 aromatic heterocycles. The van der Waals surface area contributed by atoms with E-state index in [-0.39, 0.29) is 11.6 Å². The van der Waals surface area contributed by atoms with Crippen molar-refractivity contribution in [3.05, 3.63) is 33.9 Å². The largest absolute Gasteiger partial charge is 0.366 e. The molecule has 0 atom stereocenters. The lowest BCUT2D eigenvalue weighted by Gasteiger charge is -2.31. The maximum absolute atomic E-state index is 12.1. The van der Waals surface area contributed by atoms with Crippen molar-refractivity contribution < 1.29 is 9.72 Å². The number of carbonyl (C=O) groups is 1. The van der Waals surface area contributed by atoms with Crippen molar-refractivity contribution in [2.45, 2.75) is 26.2 Å². The number of nitro benzene ring substituents is 1. The van der Waals surface area contributed by atoms with E-state index in [1.807, 2.05) is 11.9 Å². The lowest BCUT2D eigenvalue weighted by Crippen LogP contribution is -2.33. The highest BCUT2D eigenvalue weighted by molar-refractivity contribution is 5.95. The number of nitrogens with zero attached hydrogens (tertiary/aromatic N) is 2. The summed E-state index contributed by atoms with van der Waals surface area (Å²) in [6.07, 6.45) is 2.88. The molecule has 0 aliphatic carbocycles. The van der Waals surface area contributed by atoms with Crippen LogP contribution in [-0.2, 0) is 0 Å². The summed E-state index contributed by atoms with van der Waals surface area (Å²) in [7, 11) is 1.85. The van der Waals surface area contributed by atoms with Crippen molar-refractivity contribution in [1.82, 2.24) is 10.6 Å². The van der Waals surface area contributed by atoms with Crippen LogP contribution in [0.3, 0.4) is 0 Å². The number of amides is 1. The monoisotopic (exact) mass is 334 g/mol. The van der Waals surface area contributed by atoms with E-state index in [0.29, 0.717) is 23.7 Å². The number of hydrogen-bond donors (Lipinski definition) is 2. The normalized spacial score (nSPS) is 15.3. The van der Waals surface area contributed by atoms with E-state index in [2.05, 4.69) is 17.6 Å². The highest BCUT2D eigenvalue weighted by Crippen LogP contribution is 2.32. The molecule has 0 bridgehead atoms. The van der Waals surface area contributed by atoms with Gasteiger partial charge in [0.25, 0.3) is 11.6 Å². The molecule has 0 radical (unpaired) electrons. The Hall–Kier alpha value is -2.15. The zero-order valence-electron chi connectivity index (χ0n) is 14.4. The van der Waals surface area contributed by atoms with Crippen LogP contribution in [0, 0.1) is 16.0 Å². The van der Waals surface area contributed by atoms with Crippen LogP contribution >= 0.6 is 0 Å². The summed E-state index contributed by atoms with van der Waals surface area (Å²) >= 11 is 0. The first-order valence-corrected chi connectivity index (χ1v) is 8.49. The summed E-state index contributed by atoms with van der Waals surface area (Å²) in [5.74, 6) is 0.385. The smallest absolute Gasteiger partial charge is 0.293 e. The maximum atomic E-state index is 12.1. The summed E-state index contributed by atoms with van der Waals surface area (Å²) in [6, 6.07) is 4.77. The lowest BCUT2D eigenvalue weighted by atomic mass is 9.98. The molecule has 1 aliphatic heterocycles. The van der Waals surface area contributed by atoms with Crippen LogP contribution in [0.4, 0.5) is 11.4 Å². The van der Waals surface area contributed by atoms with Crippen molar-refractivity contribution in [3.63, 3.8) is 0 Å². The zero-order valence-corrected chi connectivity index (χ0v) is 14.4. The molecule has 0 unspecified atom stereocenters. The van der Waals surface area contributed by atoms with E-state index in [1.165, 1.54) is 6.07 Å². The number of nitro groups is 1. The molecular formula is C17H26N4O3. The summed E-state index contributed by atoms with van der Waals surface area (Å²) in [5, 5.41) is 17.2. The second kappa shape index (κ2) is 8.63. The number of nitrogens with one attached hydrogen (secondary N) is 2. The van der Waals surface area contributed by atoms with Gasteiger partial charge in [-0.05, 0) is 50.9 Å². The SMILES string of the molecule is CNCCCNC(=O)c1ccc(N2CCC(C)CC2)c([N+](=O)[O-])c1. The van der Waals surface area contributed by atoms with E-state index >= 15 is 0 Å². The molecule has 7 heteroatoms. The van der Waals surface area contributed by atoms with Gasteiger partial charge in [-0.3, -0.25) is 14.9 Å². The molecule has 1 fully saturated rings. The van der Waals surface area contributed by atoms with Crippen LogP contribution < -0.4 is 15.5 Å². The molecule has 1 heterocycles. The van der Waals surface area contributed by atoms with E-state index in [0.717, 1.165) is 38.9 Å². The Balaban J connectivity index is 2.11. The van der Waals surface area contributed by atoms with E-state index in [9.17, 15) is 14.9 Å². The average molecular weight is 334 g/mol. The quantitative estimate of drug-likeness (QED) is 0.453. The molecule has 1 aliphatic rings. The van der Waals surface area contributed by atoms with Gasteiger partial charge in [0.2, 0.25) is 0 Å². The highest BCUT2D eigenvalue weighted by Gasteiger charge is 2.24. The molecule has 132 valence electrons. The predicted molar refractivity (Wildman–Crippen MR) is 94.6 cm³/mol. The number of rotatable bonds is 7. The summed E-state index contributed by atoms with van der Waals surface area (Å²) < 4.78 is 0. The molecule has 2 rings (SSSR count). The van der Waals surface area contributed by atoms with Crippen LogP contribution in [0.5, 0.6) is 0 Å². The van der Waals surface area contributed by atoms with Gasteiger partial charge in [0.05, 0.1) is 4.92 Å². The minimum atomic E-state index is -0.398. The van der Waals surface area contributed by atoms with Crippen LogP contribution in [0.25, 0.3) is 0 Å². The van der Waals surface area contributed by atoms with Gasteiger partial charge in [-0.2, -0.15) is 0 Å². The third-order valence-corrected chi connectivity index (χ3v) is 4.45. The molecule has 1 aromatic carbocycles. The molecule has 7 nitrogen and oxygen atoms in total. The van der Waals surface area contributed by atoms with Gasteiger partial charge in [0, 0.05) is 31.3 Å². The Morgan fingerprint density at radius 1 is 1.33 bits per heavy atom. The van der Waals surface area contributed by atoms with Gasteiger partial charge < -0.3 is 15.5 Å². The maximum Gasteiger partial charge on any atom is 0.293 e. The summed E-state index contributed by atoms with van der Waals surface area (Å²) in [4.78, 5) is 25.2. The molecule has 1 amide bonds. The molecule has 1 saturated heterocycles. The fourth-order valence-electron chi connectivity index (χ4n) is 2.90. The number of anilines is 1. The van der Waals surface area contributed by atoms with Crippen LogP contribution in [0.15, 0.2) is 18.2 Å². The number of carbonyl (C=O) groups excluding carboxylic acids is 1. The van der Waals surface area contributed by atoms with Gasteiger partial charge in [-0.25, -0.2) is 0 Å². The zero-order chi connectivity index (χ0) is 17.5. The van der Waals surface area contributed by atoms with E-state index < -0.39 is 4.92 Å². The summed E-state index contributed by atoms with van der Waals surface area (Å²) in [5.41, 5.74) is 0.950. The number of hydrogen-bond acceptors (Lipinski definition) is 5. The van der Waals surface area contributed by atoms with E-state index in [4.69, 9.17) is 0 Å². The summed E-state index contributed by atoms with van der Waals surface area (Å²) in [6.45, 7) is 5.19. The second-order valence-electron chi connectivity index (χ2n) is 6.34. The van der Waals surface area contributed by atoms with Crippen molar-refractivity contribution in [1.29, 1.82) is 0 Å². The van der Waals surface area contributed by atoms with Crippen LogP contribution in [0.2, 0.25) is 0 Å². The first-order valence-electron chi connectivity index (χ1n) is 8.49. The van der Waals surface area contributed by atoms with Crippen molar-refractivity contribution >= 4 is 17.3 Å². The van der Waals surface area contributed by atoms with Crippen molar-refractivity contribution in [3.8, 4) is 0 Å². The first-order chi connectivity index (χ1) is 11.5. The second-order valence-corrected chi connectivity index (χ2v) is 6.34. The Kier molecular flexibility index (Phi) is 6.54. The average Bonchev–Trinajstić information content (AvgIpc) is 2.58. The standard InChI is InChI=1S/C17H26N4O3/c1-13-6-10-20(11-7-13)15-5-4-14(12-16(15)21(23)24)17(22)19-9-3-8-18-2/h4-5,12-13,18H,3,6-11H2,1-2H3,(H,19,22). The van der Waals surface area contributed by atoms with Crippen LogP contribution in [0.1, 0.15) is 36.5 Å². The fourth-order valence-corrected chi connectivity index (χ4v) is 2.90. The molecule has 1 aromatic rings. The van der Waals surface area contributed by atoms with Gasteiger partial charge in [-0.1, -0.05) is 6.92 Å².